The van der Waals surface area contributed by atoms with Gasteiger partial charge in [-0.05, 0) is 56.0 Å². The number of piperazine rings is 1. The third-order valence-electron chi connectivity index (χ3n) is 6.68. The van der Waals surface area contributed by atoms with Crippen LogP contribution in [0.15, 0.2) is 42.6 Å². The number of rotatable bonds is 9. The summed E-state index contributed by atoms with van der Waals surface area (Å²) in [5, 5.41) is 8.99. The summed E-state index contributed by atoms with van der Waals surface area (Å²) in [6.45, 7) is 8.21. The third kappa shape index (κ3) is 6.57. The van der Waals surface area contributed by atoms with Gasteiger partial charge < -0.3 is 24.0 Å². The molecule has 2 saturated heterocycles. The molecule has 2 aliphatic heterocycles. The fraction of sp³-hybridized carbons (Fsp3) is 0.500. The predicted octanol–water partition coefficient (Wildman–Crippen LogP) is 3.32. The Balaban J connectivity index is 1.39. The molecule has 1 aromatic heterocycles. The number of amides is 1. The minimum atomic E-state index is -1.05. The molecule has 0 aliphatic carbocycles. The number of carbonyl (C=O) groups excluding carboxylic acids is 2. The van der Waals surface area contributed by atoms with Crippen molar-refractivity contribution >= 4 is 17.7 Å². The average Bonchev–Trinajstić information content (AvgIpc) is 3.19. The van der Waals surface area contributed by atoms with Gasteiger partial charge in [0.25, 0.3) is 0 Å². The van der Waals surface area contributed by atoms with Crippen LogP contribution in [0, 0.1) is 17.2 Å². The highest BCUT2D eigenvalue weighted by atomic mass is 16.8. The van der Waals surface area contributed by atoms with Crippen LogP contribution in [0.2, 0.25) is 0 Å². The van der Waals surface area contributed by atoms with Crippen LogP contribution in [-0.4, -0.2) is 66.4 Å². The van der Waals surface area contributed by atoms with Crippen molar-refractivity contribution in [2.75, 3.05) is 37.7 Å². The fourth-order valence-electron chi connectivity index (χ4n) is 4.80. The first-order valence-electron chi connectivity index (χ1n) is 12.8. The number of cyclic esters (lactones) is 1. The lowest BCUT2D eigenvalue weighted by Crippen LogP contribution is -2.52. The summed E-state index contributed by atoms with van der Waals surface area (Å²) in [6.07, 6.45) is 2.66. The van der Waals surface area contributed by atoms with Gasteiger partial charge in [0.15, 0.2) is 6.10 Å². The smallest absolute Gasteiger partial charge is 0.338 e. The maximum atomic E-state index is 13.7. The van der Waals surface area contributed by atoms with Crippen molar-refractivity contribution in [1.82, 2.24) is 9.88 Å². The van der Waals surface area contributed by atoms with Crippen molar-refractivity contribution in [2.45, 2.75) is 51.9 Å². The third-order valence-corrected chi connectivity index (χ3v) is 6.68. The predicted molar refractivity (Wildman–Crippen MR) is 137 cm³/mol. The molecule has 9 heteroatoms. The highest BCUT2D eigenvalue weighted by Gasteiger charge is 2.48. The molecule has 9 nitrogen and oxygen atoms in total. The van der Waals surface area contributed by atoms with Crippen LogP contribution >= 0.6 is 0 Å². The van der Waals surface area contributed by atoms with Crippen LogP contribution in [0.25, 0.3) is 0 Å². The number of nitriles is 1. The van der Waals surface area contributed by atoms with E-state index in [9.17, 15) is 9.59 Å². The van der Waals surface area contributed by atoms with E-state index in [1.807, 2.05) is 42.2 Å². The molecule has 0 N–H and O–H groups in total. The Kier molecular flexibility index (Phi) is 8.29. The van der Waals surface area contributed by atoms with Crippen LogP contribution < -0.4 is 9.64 Å². The highest BCUT2D eigenvalue weighted by molar-refractivity contribution is 5.88. The van der Waals surface area contributed by atoms with E-state index < -0.39 is 23.8 Å². The zero-order valence-electron chi connectivity index (χ0n) is 21.7. The maximum Gasteiger partial charge on any atom is 0.338 e. The number of benzene rings is 1. The van der Waals surface area contributed by atoms with E-state index in [2.05, 4.69) is 16.0 Å². The Morgan fingerprint density at radius 2 is 1.92 bits per heavy atom. The molecule has 4 rings (SSSR count). The topological polar surface area (TPSA) is 105 Å². The Labute approximate surface area is 217 Å². The number of esters is 1. The van der Waals surface area contributed by atoms with Gasteiger partial charge in [-0.15, -0.1) is 0 Å². The minimum Gasteiger partial charge on any atom is -0.494 e. The van der Waals surface area contributed by atoms with Crippen LogP contribution in [0.3, 0.4) is 0 Å². The molecule has 2 fully saturated rings. The van der Waals surface area contributed by atoms with Gasteiger partial charge in [-0.2, -0.15) is 5.26 Å². The molecule has 196 valence electrons. The van der Waals surface area contributed by atoms with Crippen molar-refractivity contribution < 1.29 is 23.8 Å². The monoisotopic (exact) mass is 506 g/mol. The standard InChI is InChI=1S/C28H34N4O5/c1-4-35-22-11-8-20(9-12-22)6-5-7-23(25-27(34)37-28(2,3)36-25)26(33)32-16-14-31(15-17-32)24-13-10-21(18-29)19-30-24/h8-13,19,23,25H,4-7,14-17H2,1-3H3/t23-,25+/m1/s1. The second kappa shape index (κ2) is 11.6. The van der Waals surface area contributed by atoms with E-state index in [4.69, 9.17) is 19.5 Å². The molecule has 3 heterocycles. The molecule has 0 spiro atoms. The maximum absolute atomic E-state index is 13.7. The molecule has 2 aromatic rings. The number of hydrogen-bond donors (Lipinski definition) is 0. The molecule has 1 aromatic carbocycles. The molecule has 0 bridgehead atoms. The van der Waals surface area contributed by atoms with Gasteiger partial charge in [0.05, 0.1) is 18.1 Å². The molecule has 2 aliphatic rings. The lowest BCUT2D eigenvalue weighted by atomic mass is 9.92. The molecule has 2 atom stereocenters. The van der Waals surface area contributed by atoms with Gasteiger partial charge in [-0.25, -0.2) is 9.78 Å². The van der Waals surface area contributed by atoms with E-state index in [0.29, 0.717) is 44.8 Å². The normalized spacial score (nSPS) is 19.7. The Morgan fingerprint density at radius 1 is 1.19 bits per heavy atom. The lowest BCUT2D eigenvalue weighted by molar-refractivity contribution is -0.162. The Bertz CT molecular complexity index is 1120. The largest absolute Gasteiger partial charge is 0.494 e. The summed E-state index contributed by atoms with van der Waals surface area (Å²) in [7, 11) is 0. The summed E-state index contributed by atoms with van der Waals surface area (Å²) >= 11 is 0. The molecule has 0 unspecified atom stereocenters. The second-order valence-corrected chi connectivity index (χ2v) is 9.76. The lowest BCUT2D eigenvalue weighted by Gasteiger charge is -2.37. The number of nitrogens with zero attached hydrogens (tertiary/aromatic N) is 4. The van der Waals surface area contributed by atoms with Gasteiger partial charge in [-0.1, -0.05) is 12.1 Å². The summed E-state index contributed by atoms with van der Waals surface area (Å²) in [6, 6.07) is 13.6. The van der Waals surface area contributed by atoms with Gasteiger partial charge in [-0.3, -0.25) is 4.79 Å². The minimum absolute atomic E-state index is 0.0845. The Morgan fingerprint density at radius 3 is 2.49 bits per heavy atom. The van der Waals surface area contributed by atoms with E-state index in [1.165, 1.54) is 0 Å². The van der Waals surface area contributed by atoms with E-state index in [0.717, 1.165) is 30.0 Å². The first kappa shape index (κ1) is 26.4. The van der Waals surface area contributed by atoms with Crippen LogP contribution in [0.4, 0.5) is 5.82 Å². The zero-order valence-corrected chi connectivity index (χ0v) is 21.7. The van der Waals surface area contributed by atoms with Crippen LogP contribution in [-0.2, 0) is 25.5 Å². The molecule has 37 heavy (non-hydrogen) atoms. The number of aryl methyl sites for hydroxylation is 1. The first-order chi connectivity index (χ1) is 17.8. The molecule has 0 saturated carbocycles. The number of hydrogen-bond acceptors (Lipinski definition) is 8. The Hall–Kier alpha value is -3.64. The van der Waals surface area contributed by atoms with Gasteiger partial charge in [0.2, 0.25) is 11.7 Å². The van der Waals surface area contributed by atoms with Gasteiger partial charge >= 0.3 is 5.97 Å². The van der Waals surface area contributed by atoms with Crippen LogP contribution in [0.1, 0.15) is 44.7 Å². The zero-order chi connectivity index (χ0) is 26.4. The second-order valence-electron chi connectivity index (χ2n) is 9.76. The summed E-state index contributed by atoms with van der Waals surface area (Å²) in [5.41, 5.74) is 1.66. The number of aromatic nitrogens is 1. The summed E-state index contributed by atoms with van der Waals surface area (Å²) in [5.74, 6) is -0.614. The fourth-order valence-corrected chi connectivity index (χ4v) is 4.80. The molecule has 1 amide bonds. The van der Waals surface area contributed by atoms with E-state index in [-0.39, 0.29) is 5.91 Å². The summed E-state index contributed by atoms with van der Waals surface area (Å²) < 4.78 is 16.8. The van der Waals surface area contributed by atoms with Crippen molar-refractivity contribution in [3.8, 4) is 11.8 Å². The number of anilines is 1. The number of carbonyl (C=O) groups is 2. The highest BCUT2D eigenvalue weighted by Crippen LogP contribution is 2.32. The molecular weight excluding hydrogens is 472 g/mol. The summed E-state index contributed by atoms with van der Waals surface area (Å²) in [4.78, 5) is 34.6. The quantitative estimate of drug-likeness (QED) is 0.477. The van der Waals surface area contributed by atoms with Crippen molar-refractivity contribution in [2.24, 2.45) is 5.92 Å². The van der Waals surface area contributed by atoms with Crippen LogP contribution in [0.5, 0.6) is 5.75 Å². The number of pyridine rings is 1. The molecular formula is C28H34N4O5. The van der Waals surface area contributed by atoms with Crippen molar-refractivity contribution in [1.29, 1.82) is 5.26 Å². The van der Waals surface area contributed by atoms with Crippen molar-refractivity contribution in [3.63, 3.8) is 0 Å². The van der Waals surface area contributed by atoms with E-state index in [1.54, 1.807) is 26.1 Å². The first-order valence-corrected chi connectivity index (χ1v) is 12.8. The average molecular weight is 507 g/mol. The van der Waals surface area contributed by atoms with E-state index >= 15 is 0 Å². The van der Waals surface area contributed by atoms with Gasteiger partial charge in [0, 0.05) is 46.2 Å². The molecule has 0 radical (unpaired) electrons. The van der Waals surface area contributed by atoms with Gasteiger partial charge in [0.1, 0.15) is 17.6 Å². The SMILES string of the molecule is CCOc1ccc(CCC[C@@H](C(=O)N2CCN(c3ccc(C#N)cn3)CC2)[C@@H]2OC(C)(C)OC2=O)cc1. The number of ether oxygens (including phenoxy) is 3. The van der Waals surface area contributed by atoms with Crippen molar-refractivity contribution in [3.05, 3.63) is 53.7 Å².